The summed E-state index contributed by atoms with van der Waals surface area (Å²) in [6.07, 6.45) is 0. The van der Waals surface area contributed by atoms with Crippen LogP contribution >= 0.6 is 0 Å². The summed E-state index contributed by atoms with van der Waals surface area (Å²) in [6, 6.07) is 35.3. The first-order chi connectivity index (χ1) is 13.2. The zero-order valence-electron chi connectivity index (χ0n) is 15.3. The Labute approximate surface area is 160 Å². The van der Waals surface area contributed by atoms with Crippen molar-refractivity contribution in [1.29, 1.82) is 5.41 Å². The predicted molar refractivity (Wildman–Crippen MR) is 114 cm³/mol. The van der Waals surface area contributed by atoms with E-state index in [0.717, 1.165) is 22.3 Å². The number of benzene rings is 4. The van der Waals surface area contributed by atoms with Crippen LogP contribution in [0.5, 0.6) is 0 Å². The quantitative estimate of drug-likeness (QED) is 0.395. The van der Waals surface area contributed by atoms with Crippen molar-refractivity contribution in [3.05, 3.63) is 120 Å². The molecule has 0 aliphatic carbocycles. The first-order valence-corrected chi connectivity index (χ1v) is 9.13. The maximum atomic E-state index is 8.71. The Morgan fingerprint density at radius 2 is 1.11 bits per heavy atom. The third-order valence-electron chi connectivity index (χ3n) is 4.84. The molecule has 0 heterocycles. The second-order valence-electron chi connectivity index (χ2n) is 6.73. The van der Waals surface area contributed by atoms with Crippen molar-refractivity contribution in [2.24, 2.45) is 0 Å². The molecule has 0 radical (unpaired) electrons. The van der Waals surface area contributed by atoms with Gasteiger partial charge in [0.15, 0.2) is 0 Å². The van der Waals surface area contributed by atoms with Crippen LogP contribution in [-0.4, -0.2) is 5.71 Å². The standard InChI is InChI=1S/C26H21N/c1-19-11-13-23(14-12-19)26(27)25-10-6-5-9-24(25)22-17-15-21(16-18-22)20-7-3-2-4-8-20/h2-18,27H,1H3. The number of aryl methyl sites for hydroxylation is 1. The highest BCUT2D eigenvalue weighted by Crippen LogP contribution is 2.28. The third kappa shape index (κ3) is 3.58. The molecule has 0 saturated heterocycles. The van der Waals surface area contributed by atoms with Crippen molar-refractivity contribution in [2.45, 2.75) is 6.92 Å². The molecule has 0 aromatic heterocycles. The molecule has 1 N–H and O–H groups in total. The highest BCUT2D eigenvalue weighted by Gasteiger charge is 2.11. The third-order valence-corrected chi connectivity index (χ3v) is 4.84. The van der Waals surface area contributed by atoms with Gasteiger partial charge in [0.1, 0.15) is 0 Å². The van der Waals surface area contributed by atoms with Crippen LogP contribution in [0.4, 0.5) is 0 Å². The lowest BCUT2D eigenvalue weighted by molar-refractivity contribution is 1.42. The van der Waals surface area contributed by atoms with Crippen LogP contribution in [0, 0.1) is 12.3 Å². The van der Waals surface area contributed by atoms with Crippen LogP contribution in [0.3, 0.4) is 0 Å². The fourth-order valence-electron chi connectivity index (χ4n) is 3.30. The fraction of sp³-hybridized carbons (Fsp3) is 0.0385. The van der Waals surface area contributed by atoms with E-state index in [1.807, 2.05) is 36.4 Å². The molecular formula is C26H21N. The highest BCUT2D eigenvalue weighted by molar-refractivity contribution is 6.14. The molecule has 4 aromatic rings. The van der Waals surface area contributed by atoms with Gasteiger partial charge in [-0.2, -0.15) is 0 Å². The molecule has 27 heavy (non-hydrogen) atoms. The Morgan fingerprint density at radius 1 is 0.556 bits per heavy atom. The van der Waals surface area contributed by atoms with Crippen LogP contribution in [0.2, 0.25) is 0 Å². The molecule has 4 rings (SSSR count). The van der Waals surface area contributed by atoms with Gasteiger partial charge in [0.2, 0.25) is 0 Å². The Morgan fingerprint density at radius 3 is 1.81 bits per heavy atom. The van der Waals surface area contributed by atoms with Crippen molar-refractivity contribution < 1.29 is 0 Å². The molecule has 0 spiro atoms. The number of hydrogen-bond donors (Lipinski definition) is 1. The van der Waals surface area contributed by atoms with E-state index in [9.17, 15) is 0 Å². The summed E-state index contributed by atoms with van der Waals surface area (Å²) in [5.41, 5.74) is 8.27. The summed E-state index contributed by atoms with van der Waals surface area (Å²) in [7, 11) is 0. The fourth-order valence-corrected chi connectivity index (χ4v) is 3.30. The molecular weight excluding hydrogens is 326 g/mol. The minimum Gasteiger partial charge on any atom is -0.300 e. The molecule has 0 atom stereocenters. The summed E-state index contributed by atoms with van der Waals surface area (Å²) in [5.74, 6) is 0. The van der Waals surface area contributed by atoms with Gasteiger partial charge in [-0.3, -0.25) is 5.41 Å². The van der Waals surface area contributed by atoms with Gasteiger partial charge >= 0.3 is 0 Å². The second-order valence-corrected chi connectivity index (χ2v) is 6.73. The van der Waals surface area contributed by atoms with Crippen LogP contribution < -0.4 is 0 Å². The Hall–Kier alpha value is -3.45. The Kier molecular flexibility index (Phi) is 4.67. The van der Waals surface area contributed by atoms with E-state index >= 15 is 0 Å². The van der Waals surface area contributed by atoms with Crippen LogP contribution in [0.25, 0.3) is 22.3 Å². The molecule has 0 unspecified atom stereocenters. The highest BCUT2D eigenvalue weighted by atomic mass is 14.4. The van der Waals surface area contributed by atoms with E-state index in [1.165, 1.54) is 16.7 Å². The zero-order valence-corrected chi connectivity index (χ0v) is 15.3. The Bertz CT molecular complexity index is 1060. The van der Waals surface area contributed by atoms with Crippen LogP contribution in [-0.2, 0) is 0 Å². The van der Waals surface area contributed by atoms with Crippen LogP contribution in [0.15, 0.2) is 103 Å². The number of rotatable bonds is 4. The normalized spacial score (nSPS) is 10.6. The summed E-state index contributed by atoms with van der Waals surface area (Å²) < 4.78 is 0. The molecule has 0 bridgehead atoms. The monoisotopic (exact) mass is 347 g/mol. The van der Waals surface area contributed by atoms with Crippen molar-refractivity contribution in [3.63, 3.8) is 0 Å². The van der Waals surface area contributed by atoms with Gasteiger partial charge in [0.25, 0.3) is 0 Å². The zero-order chi connectivity index (χ0) is 18.6. The molecule has 0 saturated carbocycles. The van der Waals surface area contributed by atoms with Gasteiger partial charge in [-0.05, 0) is 29.2 Å². The van der Waals surface area contributed by atoms with E-state index in [4.69, 9.17) is 5.41 Å². The van der Waals surface area contributed by atoms with Gasteiger partial charge in [0, 0.05) is 11.1 Å². The van der Waals surface area contributed by atoms with E-state index in [0.29, 0.717) is 5.71 Å². The summed E-state index contributed by atoms with van der Waals surface area (Å²) in [5, 5.41) is 8.71. The van der Waals surface area contributed by atoms with Crippen molar-refractivity contribution >= 4 is 5.71 Å². The first kappa shape index (κ1) is 17.0. The van der Waals surface area contributed by atoms with Gasteiger partial charge in [-0.15, -0.1) is 0 Å². The SMILES string of the molecule is Cc1ccc(C(=N)c2ccccc2-c2ccc(-c3ccccc3)cc2)cc1. The van der Waals surface area contributed by atoms with Crippen molar-refractivity contribution in [3.8, 4) is 22.3 Å². The van der Waals surface area contributed by atoms with E-state index in [1.54, 1.807) is 0 Å². The largest absolute Gasteiger partial charge is 0.300 e. The summed E-state index contributed by atoms with van der Waals surface area (Å²) >= 11 is 0. The predicted octanol–water partition coefficient (Wildman–Crippen LogP) is 6.75. The molecule has 1 heteroatoms. The second kappa shape index (κ2) is 7.43. The molecule has 130 valence electrons. The van der Waals surface area contributed by atoms with Gasteiger partial charge in [-0.1, -0.05) is 109 Å². The maximum absolute atomic E-state index is 8.71. The van der Waals surface area contributed by atoms with E-state index in [-0.39, 0.29) is 0 Å². The molecule has 4 aromatic carbocycles. The van der Waals surface area contributed by atoms with Gasteiger partial charge < -0.3 is 0 Å². The first-order valence-electron chi connectivity index (χ1n) is 9.13. The van der Waals surface area contributed by atoms with Gasteiger partial charge in [-0.25, -0.2) is 0 Å². The van der Waals surface area contributed by atoms with E-state index in [2.05, 4.69) is 73.7 Å². The minimum atomic E-state index is 0.553. The average Bonchev–Trinajstić information content (AvgIpc) is 2.74. The lowest BCUT2D eigenvalue weighted by atomic mass is 9.92. The molecule has 1 nitrogen and oxygen atoms in total. The van der Waals surface area contributed by atoms with Gasteiger partial charge in [0.05, 0.1) is 5.71 Å². The molecule has 0 aliphatic heterocycles. The smallest absolute Gasteiger partial charge is 0.0690 e. The minimum absolute atomic E-state index is 0.553. The van der Waals surface area contributed by atoms with Crippen LogP contribution in [0.1, 0.15) is 16.7 Å². The summed E-state index contributed by atoms with van der Waals surface area (Å²) in [6.45, 7) is 2.07. The number of nitrogens with one attached hydrogen (secondary N) is 1. The Balaban J connectivity index is 1.71. The van der Waals surface area contributed by atoms with Crippen molar-refractivity contribution in [1.82, 2.24) is 0 Å². The lowest BCUT2D eigenvalue weighted by Crippen LogP contribution is -2.03. The maximum Gasteiger partial charge on any atom is 0.0690 e. The topological polar surface area (TPSA) is 23.9 Å². The molecule has 0 fully saturated rings. The molecule has 0 aliphatic rings. The summed E-state index contributed by atoms with van der Waals surface area (Å²) in [4.78, 5) is 0. The molecule has 0 amide bonds. The average molecular weight is 347 g/mol. The lowest BCUT2D eigenvalue weighted by Gasteiger charge is -2.12. The number of hydrogen-bond acceptors (Lipinski definition) is 1. The van der Waals surface area contributed by atoms with E-state index < -0.39 is 0 Å². The van der Waals surface area contributed by atoms with Crippen molar-refractivity contribution in [2.75, 3.05) is 0 Å².